The van der Waals surface area contributed by atoms with Crippen LogP contribution in [-0.2, 0) is 0 Å². The first-order valence-electron chi connectivity index (χ1n) is 30.4. The van der Waals surface area contributed by atoms with Gasteiger partial charge in [0.05, 0.1) is 33.1 Å². The van der Waals surface area contributed by atoms with E-state index in [0.29, 0.717) is 0 Å². The third-order valence-corrected chi connectivity index (χ3v) is 17.6. The normalized spacial score (nSPS) is 11.3. The quantitative estimate of drug-likeness (QED) is 0.144. The van der Waals surface area contributed by atoms with Gasteiger partial charge in [0, 0.05) is 110 Å². The standard InChI is InChI=1S/2C29H22N2.C25H20N2/c1-30(27-16-8-10-21-9-2-3-11-24(21)27)22-17-19-23(20-18-22)31-28-14-6-4-12-25(28)26-13-5-7-15-29(26)31;1-30(25-15-14-21-8-2-3-9-22(21)20-25)23-16-18-24(19-17-23)31-28-12-6-4-10-26(28)27-11-5-7-13-29(27)31;1-26(19-9-3-2-4-10-19)20-15-17-21(18-16-20)27-24-13-7-5-11-22(24)23-12-6-8-14-25(23)27/h2*2-20H,1H3;2-18H,1H3. The van der Waals surface area contributed by atoms with E-state index in [9.17, 15) is 0 Å². The molecule has 0 aliphatic heterocycles. The zero-order valence-electron chi connectivity index (χ0n) is 49.9. The second-order valence-electron chi connectivity index (χ2n) is 22.7. The SMILES string of the molecule is CN(c1ccc(-n2c3ccccc3c3ccccc32)cc1)c1ccc2ccccc2c1.CN(c1ccc(-n2c3ccccc3c3ccccc32)cc1)c1cccc2ccccc12.CN(c1ccccc1)c1ccc(-n2c3ccccc3c3ccccc32)cc1. The lowest BCUT2D eigenvalue weighted by Gasteiger charge is -2.22. The third-order valence-electron chi connectivity index (χ3n) is 17.6. The molecule has 0 radical (unpaired) electrons. The van der Waals surface area contributed by atoms with E-state index in [2.05, 4.69) is 377 Å². The average molecular weight is 1150 g/mol. The summed E-state index contributed by atoms with van der Waals surface area (Å²) in [7, 11) is 6.36. The Kier molecular flexibility index (Phi) is 14.2. The van der Waals surface area contributed by atoms with Gasteiger partial charge in [-0.1, -0.05) is 194 Å². The van der Waals surface area contributed by atoms with Crippen LogP contribution >= 0.6 is 0 Å². The summed E-state index contributed by atoms with van der Waals surface area (Å²) in [5.41, 5.74) is 18.0. The Labute approximate surface area is 518 Å². The Morgan fingerprint density at radius 3 is 0.876 bits per heavy atom. The van der Waals surface area contributed by atoms with E-state index in [1.807, 2.05) is 6.07 Å². The number of benzene rings is 14. The van der Waals surface area contributed by atoms with Crippen molar-refractivity contribution in [2.45, 2.75) is 0 Å². The number of anilines is 6. The van der Waals surface area contributed by atoms with Crippen molar-refractivity contribution in [3.8, 4) is 17.1 Å². The molecule has 89 heavy (non-hydrogen) atoms. The Balaban J connectivity index is 0.000000112. The van der Waals surface area contributed by atoms with Crippen LogP contribution in [0.1, 0.15) is 0 Å². The maximum atomic E-state index is 2.35. The fourth-order valence-electron chi connectivity index (χ4n) is 13.1. The van der Waals surface area contributed by atoms with Crippen molar-refractivity contribution in [1.82, 2.24) is 13.7 Å². The number of hydrogen-bond acceptors (Lipinski definition) is 3. The first kappa shape index (κ1) is 54.1. The molecule has 0 fully saturated rings. The maximum Gasteiger partial charge on any atom is 0.0541 e. The third kappa shape index (κ3) is 10.0. The summed E-state index contributed by atoms with van der Waals surface area (Å²) in [6.07, 6.45) is 0. The molecule has 17 aromatic rings. The van der Waals surface area contributed by atoms with Crippen LogP contribution in [0.5, 0.6) is 0 Å². The minimum absolute atomic E-state index is 1.17. The van der Waals surface area contributed by atoms with E-state index in [1.54, 1.807) is 0 Å². The predicted molar refractivity (Wildman–Crippen MR) is 381 cm³/mol. The highest BCUT2D eigenvalue weighted by Gasteiger charge is 2.16. The molecule has 14 aromatic carbocycles. The minimum atomic E-state index is 1.17. The van der Waals surface area contributed by atoms with Crippen LogP contribution in [-0.4, -0.2) is 34.8 Å². The largest absolute Gasteiger partial charge is 0.345 e. The molecule has 6 heteroatoms. The molecule has 6 nitrogen and oxygen atoms in total. The molecule has 3 aromatic heterocycles. The van der Waals surface area contributed by atoms with Gasteiger partial charge in [0.15, 0.2) is 0 Å². The second-order valence-corrected chi connectivity index (χ2v) is 22.7. The van der Waals surface area contributed by atoms with Gasteiger partial charge in [-0.15, -0.1) is 0 Å². The molecule has 426 valence electrons. The Hall–Kier alpha value is -11.6. The molecule has 17 rings (SSSR count). The highest BCUT2D eigenvalue weighted by molar-refractivity contribution is 6.11. The van der Waals surface area contributed by atoms with Gasteiger partial charge in [0.2, 0.25) is 0 Å². The van der Waals surface area contributed by atoms with Gasteiger partial charge < -0.3 is 28.4 Å². The topological polar surface area (TPSA) is 24.5 Å². The zero-order valence-corrected chi connectivity index (χ0v) is 49.9. The molecule has 0 amide bonds. The summed E-state index contributed by atoms with van der Waals surface area (Å²) in [5, 5.41) is 12.8. The summed E-state index contributed by atoms with van der Waals surface area (Å²) in [6.45, 7) is 0. The van der Waals surface area contributed by atoms with E-state index in [-0.39, 0.29) is 0 Å². The molecule has 0 unspecified atom stereocenters. The van der Waals surface area contributed by atoms with Gasteiger partial charge in [-0.3, -0.25) is 0 Å². The summed E-state index contributed by atoms with van der Waals surface area (Å²) in [4.78, 5) is 6.70. The Bertz CT molecular complexity index is 5200. The van der Waals surface area contributed by atoms with E-state index >= 15 is 0 Å². The zero-order chi connectivity index (χ0) is 59.8. The highest BCUT2D eigenvalue weighted by Crippen LogP contribution is 2.38. The van der Waals surface area contributed by atoms with E-state index in [4.69, 9.17) is 0 Å². The summed E-state index contributed by atoms with van der Waals surface area (Å²) in [6, 6.07) is 119. The molecule has 0 N–H and O–H groups in total. The Morgan fingerprint density at radius 1 is 0.191 bits per heavy atom. The van der Waals surface area contributed by atoms with E-state index in [0.717, 1.165) is 0 Å². The molecule has 0 aliphatic carbocycles. The molecule has 3 heterocycles. The van der Waals surface area contributed by atoms with Gasteiger partial charge in [0.1, 0.15) is 0 Å². The number of hydrogen-bond donors (Lipinski definition) is 0. The molecular weight excluding hydrogens is 1080 g/mol. The van der Waals surface area contributed by atoms with Crippen molar-refractivity contribution in [1.29, 1.82) is 0 Å². The molecule has 0 bridgehead atoms. The van der Waals surface area contributed by atoms with Crippen molar-refractivity contribution < 1.29 is 0 Å². The maximum absolute atomic E-state index is 2.35. The smallest absolute Gasteiger partial charge is 0.0541 e. The number of fused-ring (bicyclic) bond motifs is 11. The molecular formula is C83H64N6. The van der Waals surface area contributed by atoms with E-state index in [1.165, 1.54) is 138 Å². The fourth-order valence-corrected chi connectivity index (χ4v) is 13.1. The Morgan fingerprint density at radius 2 is 0.472 bits per heavy atom. The van der Waals surface area contributed by atoms with Crippen LogP contribution in [0, 0.1) is 0 Å². The summed E-state index contributed by atoms with van der Waals surface area (Å²) in [5.74, 6) is 0. The average Bonchev–Trinajstić information content (AvgIpc) is 1.90. The lowest BCUT2D eigenvalue weighted by Crippen LogP contribution is -2.10. The van der Waals surface area contributed by atoms with Crippen LogP contribution in [0.25, 0.3) is 104 Å². The predicted octanol–water partition coefficient (Wildman–Crippen LogP) is 22.0. The molecule has 0 atom stereocenters. The number of rotatable bonds is 9. The van der Waals surface area contributed by atoms with Gasteiger partial charge in [-0.25, -0.2) is 0 Å². The first-order chi connectivity index (χ1) is 43.9. The van der Waals surface area contributed by atoms with E-state index < -0.39 is 0 Å². The van der Waals surface area contributed by atoms with Crippen LogP contribution in [0.15, 0.2) is 334 Å². The van der Waals surface area contributed by atoms with Gasteiger partial charge in [0.25, 0.3) is 0 Å². The molecule has 0 aliphatic rings. The fraction of sp³-hybridized carbons (Fsp3) is 0.0361. The summed E-state index contributed by atoms with van der Waals surface area (Å²) < 4.78 is 7.05. The van der Waals surface area contributed by atoms with Gasteiger partial charge >= 0.3 is 0 Å². The van der Waals surface area contributed by atoms with Crippen LogP contribution in [0.3, 0.4) is 0 Å². The number of aromatic nitrogens is 3. The van der Waals surface area contributed by atoms with Crippen LogP contribution in [0.4, 0.5) is 34.1 Å². The van der Waals surface area contributed by atoms with Crippen molar-refractivity contribution in [3.05, 3.63) is 334 Å². The second kappa shape index (κ2) is 23.3. The number of para-hydroxylation sites is 7. The van der Waals surface area contributed by atoms with Gasteiger partial charge in [-0.2, -0.15) is 0 Å². The molecule has 0 saturated heterocycles. The number of nitrogens with zero attached hydrogens (tertiary/aromatic N) is 6. The first-order valence-corrected chi connectivity index (χ1v) is 30.4. The highest BCUT2D eigenvalue weighted by atomic mass is 15.1. The summed E-state index contributed by atoms with van der Waals surface area (Å²) >= 11 is 0. The van der Waals surface area contributed by atoms with Crippen LogP contribution < -0.4 is 14.7 Å². The van der Waals surface area contributed by atoms with Crippen molar-refractivity contribution >= 4 is 121 Å². The van der Waals surface area contributed by atoms with Crippen molar-refractivity contribution in [3.63, 3.8) is 0 Å². The lowest BCUT2D eigenvalue weighted by molar-refractivity contribution is 1.16. The molecule has 0 spiro atoms. The monoisotopic (exact) mass is 1140 g/mol. The molecule has 0 saturated carbocycles. The van der Waals surface area contributed by atoms with Gasteiger partial charge in [-0.05, 0) is 156 Å². The lowest BCUT2D eigenvalue weighted by atomic mass is 10.1. The van der Waals surface area contributed by atoms with Crippen molar-refractivity contribution in [2.75, 3.05) is 35.8 Å². The van der Waals surface area contributed by atoms with Crippen molar-refractivity contribution in [2.24, 2.45) is 0 Å². The minimum Gasteiger partial charge on any atom is -0.345 e. The van der Waals surface area contributed by atoms with Crippen LogP contribution in [0.2, 0.25) is 0 Å².